The van der Waals surface area contributed by atoms with E-state index in [4.69, 9.17) is 5.73 Å². The van der Waals surface area contributed by atoms with Gasteiger partial charge in [-0.05, 0) is 37.5 Å². The number of benzene rings is 1. The van der Waals surface area contributed by atoms with Crippen LogP contribution >= 0.6 is 0 Å². The summed E-state index contributed by atoms with van der Waals surface area (Å²) in [4.78, 5) is 11.9. The molecule has 2 aliphatic rings. The first-order valence-electron chi connectivity index (χ1n) is 7.07. The molecule has 2 unspecified atom stereocenters. The predicted octanol–water partition coefficient (Wildman–Crippen LogP) is 0.476. The molecule has 0 bridgehead atoms. The van der Waals surface area contributed by atoms with Crippen LogP contribution < -0.4 is 11.1 Å². The van der Waals surface area contributed by atoms with Crippen molar-refractivity contribution in [2.24, 2.45) is 5.92 Å². The number of carbonyl (C=O) groups is 1. The van der Waals surface area contributed by atoms with E-state index in [0.29, 0.717) is 19.5 Å². The number of nitrogen functional groups attached to an aromatic ring is 1. The number of carbonyl (C=O) groups excluding carboxylic acids is 1. The van der Waals surface area contributed by atoms with Crippen LogP contribution in [-0.2, 0) is 14.8 Å². The van der Waals surface area contributed by atoms with Crippen LogP contribution in [0.3, 0.4) is 0 Å². The van der Waals surface area contributed by atoms with Crippen LogP contribution in [0, 0.1) is 12.8 Å². The molecular formula is C14H19N3O3S. The summed E-state index contributed by atoms with van der Waals surface area (Å²) in [6.07, 6.45) is 1.44. The Morgan fingerprint density at radius 3 is 2.86 bits per heavy atom. The van der Waals surface area contributed by atoms with Gasteiger partial charge in [0.2, 0.25) is 15.9 Å². The molecule has 1 amide bonds. The van der Waals surface area contributed by atoms with Gasteiger partial charge in [0, 0.05) is 13.1 Å². The maximum absolute atomic E-state index is 12.9. The fourth-order valence-corrected chi connectivity index (χ4v) is 5.04. The number of sulfonamides is 1. The second kappa shape index (κ2) is 4.99. The summed E-state index contributed by atoms with van der Waals surface area (Å²) >= 11 is 0. The molecule has 0 aliphatic carbocycles. The molecular weight excluding hydrogens is 290 g/mol. The van der Waals surface area contributed by atoms with Crippen molar-refractivity contribution in [2.75, 3.05) is 18.8 Å². The maximum Gasteiger partial charge on any atom is 0.245 e. The van der Waals surface area contributed by atoms with Crippen LogP contribution in [0.1, 0.15) is 18.4 Å². The minimum absolute atomic E-state index is 0.0446. The second-order valence-corrected chi connectivity index (χ2v) is 7.58. The number of rotatable bonds is 2. The van der Waals surface area contributed by atoms with Gasteiger partial charge in [0.1, 0.15) is 4.90 Å². The first-order chi connectivity index (χ1) is 9.91. The van der Waals surface area contributed by atoms with Crippen molar-refractivity contribution >= 4 is 21.6 Å². The Morgan fingerprint density at radius 1 is 1.38 bits per heavy atom. The zero-order chi connectivity index (χ0) is 15.2. The van der Waals surface area contributed by atoms with Crippen LogP contribution in [0.5, 0.6) is 0 Å². The highest BCUT2D eigenvalue weighted by molar-refractivity contribution is 7.89. The topological polar surface area (TPSA) is 92.5 Å². The SMILES string of the molecule is Cc1ccc(S(=O)(=O)N2CCCC3C(=O)NCC32)c(N)c1. The molecule has 7 heteroatoms. The molecule has 1 aromatic carbocycles. The van der Waals surface area contributed by atoms with E-state index in [-0.39, 0.29) is 28.4 Å². The number of piperidine rings is 1. The fourth-order valence-electron chi connectivity index (χ4n) is 3.24. The van der Waals surface area contributed by atoms with Gasteiger partial charge >= 0.3 is 0 Å². The summed E-state index contributed by atoms with van der Waals surface area (Å²) in [6, 6.07) is 4.65. The van der Waals surface area contributed by atoms with Gasteiger partial charge in [0.25, 0.3) is 0 Å². The van der Waals surface area contributed by atoms with Gasteiger partial charge in [-0.1, -0.05) is 6.07 Å². The van der Waals surface area contributed by atoms with Crippen LogP contribution in [0.2, 0.25) is 0 Å². The predicted molar refractivity (Wildman–Crippen MR) is 79.0 cm³/mol. The van der Waals surface area contributed by atoms with Crippen LogP contribution in [0.4, 0.5) is 5.69 Å². The average molecular weight is 309 g/mol. The molecule has 2 fully saturated rings. The fraction of sp³-hybridized carbons (Fsp3) is 0.500. The largest absolute Gasteiger partial charge is 0.398 e. The number of nitrogens with one attached hydrogen (secondary N) is 1. The molecule has 2 aliphatic heterocycles. The lowest BCUT2D eigenvalue weighted by Crippen LogP contribution is -2.48. The highest BCUT2D eigenvalue weighted by Gasteiger charge is 2.45. The summed E-state index contributed by atoms with van der Waals surface area (Å²) < 4.78 is 27.2. The number of aryl methyl sites for hydroxylation is 1. The number of hydrogen-bond donors (Lipinski definition) is 2. The van der Waals surface area contributed by atoms with Gasteiger partial charge in [-0.25, -0.2) is 8.42 Å². The van der Waals surface area contributed by atoms with E-state index in [2.05, 4.69) is 5.32 Å². The Hall–Kier alpha value is -1.60. The summed E-state index contributed by atoms with van der Waals surface area (Å²) in [5.41, 5.74) is 7.07. The lowest BCUT2D eigenvalue weighted by molar-refractivity contribution is -0.123. The van der Waals surface area contributed by atoms with E-state index in [1.165, 1.54) is 4.31 Å². The summed E-state index contributed by atoms with van der Waals surface area (Å²) in [6.45, 7) is 2.68. The molecule has 1 aromatic rings. The monoisotopic (exact) mass is 309 g/mol. The minimum Gasteiger partial charge on any atom is -0.398 e. The molecule has 0 aromatic heterocycles. The highest BCUT2D eigenvalue weighted by Crippen LogP contribution is 2.33. The zero-order valence-electron chi connectivity index (χ0n) is 11.9. The normalized spacial score (nSPS) is 26.4. The number of hydrogen-bond acceptors (Lipinski definition) is 4. The van der Waals surface area contributed by atoms with E-state index in [0.717, 1.165) is 12.0 Å². The average Bonchev–Trinajstić information content (AvgIpc) is 2.80. The Bertz CT molecular complexity index is 687. The molecule has 3 rings (SSSR count). The number of amides is 1. The summed E-state index contributed by atoms with van der Waals surface area (Å²) in [5.74, 6) is -0.281. The molecule has 2 atom stereocenters. The van der Waals surface area contributed by atoms with E-state index in [9.17, 15) is 13.2 Å². The Kier molecular flexibility index (Phi) is 3.41. The standard InChI is InChI=1S/C14H19N3O3S/c1-9-4-5-13(11(15)7-9)21(19,20)17-6-2-3-10-12(17)8-16-14(10)18/h4-5,7,10,12H,2-3,6,8,15H2,1H3,(H,16,18). The van der Waals surface area contributed by atoms with E-state index >= 15 is 0 Å². The van der Waals surface area contributed by atoms with Gasteiger partial charge < -0.3 is 11.1 Å². The highest BCUT2D eigenvalue weighted by atomic mass is 32.2. The van der Waals surface area contributed by atoms with Gasteiger partial charge in [-0.15, -0.1) is 0 Å². The number of anilines is 1. The molecule has 0 saturated carbocycles. The molecule has 2 heterocycles. The molecule has 0 radical (unpaired) electrons. The van der Waals surface area contributed by atoms with Gasteiger partial charge in [0.15, 0.2) is 0 Å². The van der Waals surface area contributed by atoms with Crippen LogP contribution in [0.25, 0.3) is 0 Å². The molecule has 3 N–H and O–H groups in total. The lowest BCUT2D eigenvalue weighted by Gasteiger charge is -2.35. The van der Waals surface area contributed by atoms with Crippen molar-refractivity contribution in [3.05, 3.63) is 23.8 Å². The third-order valence-corrected chi connectivity index (χ3v) is 6.30. The summed E-state index contributed by atoms with van der Waals surface area (Å²) in [5, 5.41) is 2.76. The molecule has 6 nitrogen and oxygen atoms in total. The zero-order valence-corrected chi connectivity index (χ0v) is 12.7. The first-order valence-corrected chi connectivity index (χ1v) is 8.51. The van der Waals surface area contributed by atoms with Crippen molar-refractivity contribution in [1.29, 1.82) is 0 Å². The third kappa shape index (κ3) is 2.30. The van der Waals surface area contributed by atoms with Crippen molar-refractivity contribution < 1.29 is 13.2 Å². The van der Waals surface area contributed by atoms with Crippen molar-refractivity contribution in [2.45, 2.75) is 30.7 Å². The Labute approximate surface area is 124 Å². The smallest absolute Gasteiger partial charge is 0.245 e. The number of nitrogens with zero attached hydrogens (tertiary/aromatic N) is 1. The van der Waals surface area contributed by atoms with Crippen molar-refractivity contribution in [1.82, 2.24) is 9.62 Å². The first kappa shape index (κ1) is 14.3. The third-order valence-electron chi connectivity index (χ3n) is 4.30. The molecule has 114 valence electrons. The van der Waals surface area contributed by atoms with Crippen molar-refractivity contribution in [3.8, 4) is 0 Å². The van der Waals surface area contributed by atoms with Gasteiger partial charge in [-0.3, -0.25) is 4.79 Å². The quantitative estimate of drug-likeness (QED) is 0.777. The molecule has 0 spiro atoms. The molecule has 2 saturated heterocycles. The Balaban J connectivity index is 1.99. The van der Waals surface area contributed by atoms with Gasteiger partial charge in [0.05, 0.1) is 17.6 Å². The van der Waals surface area contributed by atoms with E-state index in [1.54, 1.807) is 18.2 Å². The van der Waals surface area contributed by atoms with E-state index < -0.39 is 10.0 Å². The van der Waals surface area contributed by atoms with Gasteiger partial charge in [-0.2, -0.15) is 4.31 Å². The number of nitrogens with two attached hydrogens (primary N) is 1. The summed E-state index contributed by atoms with van der Waals surface area (Å²) in [7, 11) is -3.67. The Morgan fingerprint density at radius 2 is 2.14 bits per heavy atom. The van der Waals surface area contributed by atoms with E-state index in [1.807, 2.05) is 6.92 Å². The lowest BCUT2D eigenvalue weighted by atomic mass is 9.93. The van der Waals surface area contributed by atoms with Crippen LogP contribution in [-0.4, -0.2) is 37.8 Å². The van der Waals surface area contributed by atoms with Crippen LogP contribution in [0.15, 0.2) is 23.1 Å². The second-order valence-electron chi connectivity index (χ2n) is 5.72. The molecule has 21 heavy (non-hydrogen) atoms. The maximum atomic E-state index is 12.9. The number of fused-ring (bicyclic) bond motifs is 1. The minimum atomic E-state index is -3.67. The van der Waals surface area contributed by atoms with Crippen molar-refractivity contribution in [3.63, 3.8) is 0 Å².